The first-order valence-corrected chi connectivity index (χ1v) is 8.93. The van der Waals surface area contributed by atoms with E-state index in [0.29, 0.717) is 0 Å². The van der Waals surface area contributed by atoms with Gasteiger partial charge in [0.15, 0.2) is 0 Å². The van der Waals surface area contributed by atoms with E-state index in [9.17, 15) is 4.79 Å². The molecule has 0 spiro atoms. The summed E-state index contributed by atoms with van der Waals surface area (Å²) in [4.78, 5) is 14.5. The van der Waals surface area contributed by atoms with Crippen LogP contribution in [0.25, 0.3) is 0 Å². The maximum absolute atomic E-state index is 12.2. The van der Waals surface area contributed by atoms with Crippen LogP contribution in [0.3, 0.4) is 0 Å². The normalized spacial score (nSPS) is 17.2. The molecular formula is C17H26N2OS. The van der Waals surface area contributed by atoms with Crippen molar-refractivity contribution in [1.82, 2.24) is 5.43 Å². The summed E-state index contributed by atoms with van der Waals surface area (Å²) in [6.07, 6.45) is 7.54. The van der Waals surface area contributed by atoms with E-state index >= 15 is 0 Å². The standard InChI is InChI=1S/C17H26N2OS/c1-4-6-14(7-5-2)18-19-17(20)16-11-13-10-12(3)8-9-15(13)21-16/h11-12H,4-10H2,1-3H3,(H,19,20)/t12-/m0/s1. The molecule has 0 fully saturated rings. The molecule has 0 saturated heterocycles. The summed E-state index contributed by atoms with van der Waals surface area (Å²) in [5.74, 6) is 0.688. The maximum atomic E-state index is 12.2. The van der Waals surface area contributed by atoms with Gasteiger partial charge in [-0.1, -0.05) is 33.6 Å². The number of amides is 1. The number of hydrogen-bond donors (Lipinski definition) is 1. The molecule has 1 heterocycles. The molecule has 0 aliphatic heterocycles. The Balaban J connectivity index is 2.01. The van der Waals surface area contributed by atoms with Gasteiger partial charge in [-0.2, -0.15) is 5.10 Å². The molecule has 1 amide bonds. The first-order chi connectivity index (χ1) is 10.1. The maximum Gasteiger partial charge on any atom is 0.281 e. The zero-order valence-electron chi connectivity index (χ0n) is 13.4. The van der Waals surface area contributed by atoms with Crippen LogP contribution in [0.5, 0.6) is 0 Å². The van der Waals surface area contributed by atoms with Gasteiger partial charge < -0.3 is 0 Å². The van der Waals surface area contributed by atoms with E-state index in [4.69, 9.17) is 0 Å². The monoisotopic (exact) mass is 306 g/mol. The zero-order valence-corrected chi connectivity index (χ0v) is 14.2. The van der Waals surface area contributed by atoms with Crippen LogP contribution in [0.1, 0.15) is 73.0 Å². The van der Waals surface area contributed by atoms with Crippen LogP contribution in [0.4, 0.5) is 0 Å². The third-order valence-electron chi connectivity index (χ3n) is 3.95. The van der Waals surface area contributed by atoms with Gasteiger partial charge in [-0.05, 0) is 49.7 Å². The van der Waals surface area contributed by atoms with Crippen molar-refractivity contribution in [3.8, 4) is 0 Å². The molecule has 1 aliphatic rings. The Bertz CT molecular complexity index is 511. The molecule has 2 rings (SSSR count). The minimum absolute atomic E-state index is 0.0493. The number of hydrogen-bond acceptors (Lipinski definition) is 3. The number of nitrogens with one attached hydrogen (secondary N) is 1. The molecule has 0 aromatic carbocycles. The third kappa shape index (κ3) is 4.40. The van der Waals surface area contributed by atoms with Gasteiger partial charge in [0.25, 0.3) is 5.91 Å². The van der Waals surface area contributed by atoms with Crippen LogP contribution in [-0.2, 0) is 12.8 Å². The Labute approximate surface area is 131 Å². The number of aryl methyl sites for hydroxylation is 1. The van der Waals surface area contributed by atoms with E-state index in [-0.39, 0.29) is 5.91 Å². The highest BCUT2D eigenvalue weighted by Crippen LogP contribution is 2.32. The Hall–Kier alpha value is -1.16. The molecule has 21 heavy (non-hydrogen) atoms. The highest BCUT2D eigenvalue weighted by Gasteiger charge is 2.20. The average Bonchev–Trinajstić information content (AvgIpc) is 2.88. The summed E-state index contributed by atoms with van der Waals surface area (Å²) in [6.45, 7) is 6.56. The minimum atomic E-state index is -0.0493. The molecule has 1 N–H and O–H groups in total. The number of carbonyl (C=O) groups is 1. The summed E-state index contributed by atoms with van der Waals surface area (Å²) in [7, 11) is 0. The fraction of sp³-hybridized carbons (Fsp3) is 0.647. The van der Waals surface area contributed by atoms with Gasteiger partial charge in [-0.25, -0.2) is 5.43 Å². The van der Waals surface area contributed by atoms with Gasteiger partial charge in [0.2, 0.25) is 0 Å². The van der Waals surface area contributed by atoms with E-state index in [1.165, 1.54) is 16.9 Å². The second kappa shape index (κ2) is 7.74. The van der Waals surface area contributed by atoms with Crippen LogP contribution in [-0.4, -0.2) is 11.6 Å². The first-order valence-electron chi connectivity index (χ1n) is 8.11. The molecule has 3 nitrogen and oxygen atoms in total. The molecule has 4 heteroatoms. The number of thiophene rings is 1. The molecule has 116 valence electrons. The molecule has 0 saturated carbocycles. The Kier molecular flexibility index (Phi) is 5.97. The van der Waals surface area contributed by atoms with Crippen molar-refractivity contribution in [1.29, 1.82) is 0 Å². The van der Waals surface area contributed by atoms with Crippen molar-refractivity contribution in [3.05, 3.63) is 21.4 Å². The lowest BCUT2D eigenvalue weighted by Crippen LogP contribution is -2.18. The molecule has 0 bridgehead atoms. The highest BCUT2D eigenvalue weighted by molar-refractivity contribution is 7.14. The average molecular weight is 306 g/mol. The summed E-state index contributed by atoms with van der Waals surface area (Å²) < 4.78 is 0. The number of nitrogens with zero attached hydrogens (tertiary/aromatic N) is 1. The predicted octanol–water partition coefficient (Wildman–Crippen LogP) is 4.56. The van der Waals surface area contributed by atoms with E-state index < -0.39 is 0 Å². The van der Waals surface area contributed by atoms with Gasteiger partial charge >= 0.3 is 0 Å². The predicted molar refractivity (Wildman–Crippen MR) is 90.2 cm³/mol. The van der Waals surface area contributed by atoms with Gasteiger partial charge in [0.1, 0.15) is 0 Å². The van der Waals surface area contributed by atoms with Gasteiger partial charge in [-0.3, -0.25) is 4.79 Å². The van der Waals surface area contributed by atoms with Gasteiger partial charge in [0, 0.05) is 10.6 Å². The van der Waals surface area contributed by atoms with Crippen LogP contribution in [0.15, 0.2) is 11.2 Å². The second-order valence-electron chi connectivity index (χ2n) is 6.03. The molecule has 1 atom stereocenters. The molecule has 1 aromatic heterocycles. The largest absolute Gasteiger partial charge is 0.281 e. The Morgan fingerprint density at radius 2 is 2.10 bits per heavy atom. The molecule has 0 unspecified atom stereocenters. The van der Waals surface area contributed by atoms with Crippen molar-refractivity contribution >= 4 is 23.0 Å². The summed E-state index contributed by atoms with van der Waals surface area (Å²) in [6, 6.07) is 2.07. The van der Waals surface area contributed by atoms with Crippen LogP contribution in [0.2, 0.25) is 0 Å². The minimum Gasteiger partial charge on any atom is -0.266 e. The zero-order chi connectivity index (χ0) is 15.2. The van der Waals surface area contributed by atoms with Crippen molar-refractivity contribution in [2.24, 2.45) is 11.0 Å². The van der Waals surface area contributed by atoms with Crippen LogP contribution in [0, 0.1) is 5.92 Å². The van der Waals surface area contributed by atoms with E-state index in [0.717, 1.165) is 55.0 Å². The van der Waals surface area contributed by atoms with Crippen molar-refractivity contribution in [2.45, 2.75) is 65.7 Å². The second-order valence-corrected chi connectivity index (χ2v) is 7.16. The Morgan fingerprint density at radius 1 is 1.38 bits per heavy atom. The lowest BCUT2D eigenvalue weighted by molar-refractivity contribution is 0.0958. The van der Waals surface area contributed by atoms with Crippen molar-refractivity contribution < 1.29 is 4.79 Å². The number of fused-ring (bicyclic) bond motifs is 1. The topological polar surface area (TPSA) is 41.5 Å². The molecule has 1 aromatic rings. The van der Waals surface area contributed by atoms with Gasteiger partial charge in [-0.15, -0.1) is 11.3 Å². The molecule has 1 aliphatic carbocycles. The highest BCUT2D eigenvalue weighted by atomic mass is 32.1. The fourth-order valence-electron chi connectivity index (χ4n) is 2.82. The summed E-state index contributed by atoms with van der Waals surface area (Å²) >= 11 is 1.64. The summed E-state index contributed by atoms with van der Waals surface area (Å²) in [5, 5.41) is 4.32. The lowest BCUT2D eigenvalue weighted by Gasteiger charge is -2.16. The molecular weight excluding hydrogens is 280 g/mol. The summed E-state index contributed by atoms with van der Waals surface area (Å²) in [5.41, 5.74) is 5.22. The number of hydrazone groups is 1. The Morgan fingerprint density at radius 3 is 2.76 bits per heavy atom. The number of carbonyl (C=O) groups excluding carboxylic acids is 1. The quantitative estimate of drug-likeness (QED) is 0.607. The first kappa shape index (κ1) is 16.2. The van der Waals surface area contributed by atoms with Gasteiger partial charge in [0.05, 0.1) is 4.88 Å². The van der Waals surface area contributed by atoms with E-state index in [2.05, 4.69) is 37.4 Å². The molecule has 0 radical (unpaired) electrons. The lowest BCUT2D eigenvalue weighted by atomic mass is 9.90. The van der Waals surface area contributed by atoms with Crippen LogP contribution < -0.4 is 5.43 Å². The van der Waals surface area contributed by atoms with Crippen LogP contribution >= 0.6 is 11.3 Å². The SMILES string of the molecule is CCCC(CCC)=NNC(=O)c1cc2c(s1)CC[C@H](C)C2. The van der Waals surface area contributed by atoms with E-state index in [1.54, 1.807) is 11.3 Å². The van der Waals surface area contributed by atoms with Crippen molar-refractivity contribution in [2.75, 3.05) is 0 Å². The number of rotatable bonds is 6. The van der Waals surface area contributed by atoms with E-state index in [1.807, 2.05) is 0 Å². The third-order valence-corrected chi connectivity index (χ3v) is 5.18. The fourth-order valence-corrected chi connectivity index (χ4v) is 3.91. The van der Waals surface area contributed by atoms with Crippen molar-refractivity contribution in [3.63, 3.8) is 0 Å². The smallest absolute Gasteiger partial charge is 0.266 e.